The molecule has 0 amide bonds. The highest BCUT2D eigenvalue weighted by atomic mass is 79.9. The van der Waals surface area contributed by atoms with Gasteiger partial charge in [-0.1, -0.05) is 29.8 Å². The maximum atomic E-state index is 8.82. The Morgan fingerprint density at radius 2 is 1.64 bits per heavy atom. The fourth-order valence-electron chi connectivity index (χ4n) is 1.43. The molecule has 1 saturated carbocycles. The second-order valence-corrected chi connectivity index (χ2v) is 5.76. The third kappa shape index (κ3) is 2.20. The van der Waals surface area contributed by atoms with Crippen LogP contribution in [-0.4, -0.2) is 4.32 Å². The van der Waals surface area contributed by atoms with Crippen molar-refractivity contribution in [2.45, 2.75) is 43.9 Å². The van der Waals surface area contributed by atoms with Crippen LogP contribution in [0.15, 0.2) is 0 Å². The predicted octanol–water partition coefficient (Wildman–Crippen LogP) is 3.24. The lowest BCUT2D eigenvalue weighted by atomic mass is 9.73. The molecule has 0 saturated heterocycles. The van der Waals surface area contributed by atoms with Crippen molar-refractivity contribution in [2.24, 2.45) is 5.41 Å². The molecule has 0 aliphatic heterocycles. The fourth-order valence-corrected chi connectivity index (χ4v) is 1.83. The van der Waals surface area contributed by atoms with Crippen LogP contribution < -0.4 is 0 Å². The molecule has 0 aromatic carbocycles. The van der Waals surface area contributed by atoms with E-state index in [4.69, 9.17) is 5.26 Å². The molecule has 0 aromatic rings. The second-order valence-electron chi connectivity index (χ2n) is 4.24. The Bertz CT molecular complexity index is 180. The van der Waals surface area contributed by atoms with Gasteiger partial charge in [-0.2, -0.15) is 5.26 Å². The maximum Gasteiger partial charge on any atom is 0.112 e. The van der Waals surface area contributed by atoms with E-state index in [0.29, 0.717) is 5.41 Å². The molecule has 1 rings (SSSR count). The summed E-state index contributed by atoms with van der Waals surface area (Å²) in [5.41, 5.74) is 0.452. The summed E-state index contributed by atoms with van der Waals surface area (Å²) >= 11 is 3.49. The number of hydrogen-bond acceptors (Lipinski definition) is 1. The average Bonchev–Trinajstić information content (AvgIpc) is 1.97. The Morgan fingerprint density at radius 3 is 2.00 bits per heavy atom. The highest BCUT2D eigenvalue weighted by Crippen LogP contribution is 2.43. The summed E-state index contributed by atoms with van der Waals surface area (Å²) in [7, 11) is 0. The van der Waals surface area contributed by atoms with Crippen molar-refractivity contribution in [3.05, 3.63) is 0 Å². The summed E-state index contributed by atoms with van der Waals surface area (Å²) in [5, 5.41) is 8.82. The van der Waals surface area contributed by atoms with E-state index < -0.39 is 0 Å². The predicted molar refractivity (Wildman–Crippen MR) is 49.5 cm³/mol. The molecule has 0 heterocycles. The van der Waals surface area contributed by atoms with Crippen molar-refractivity contribution < 1.29 is 0 Å². The lowest BCUT2D eigenvalue weighted by Crippen LogP contribution is -2.30. The van der Waals surface area contributed by atoms with E-state index >= 15 is 0 Å². The first-order chi connectivity index (χ1) is 4.97. The van der Waals surface area contributed by atoms with E-state index in [1.165, 1.54) is 0 Å². The number of alkyl halides is 1. The molecule has 0 radical (unpaired) electrons. The summed E-state index contributed by atoms with van der Waals surface area (Å²) < 4.78 is -0.206. The lowest BCUT2D eigenvalue weighted by Gasteiger charge is -2.35. The molecule has 11 heavy (non-hydrogen) atoms. The lowest BCUT2D eigenvalue weighted by molar-refractivity contribution is 0.232. The van der Waals surface area contributed by atoms with Crippen LogP contribution in [-0.2, 0) is 0 Å². The molecule has 0 unspecified atom stereocenters. The molecule has 2 heteroatoms. The van der Waals surface area contributed by atoms with Gasteiger partial charge < -0.3 is 0 Å². The molecule has 1 nitrogen and oxygen atoms in total. The second kappa shape index (κ2) is 2.79. The summed E-state index contributed by atoms with van der Waals surface area (Å²) in [4.78, 5) is 0. The molecule has 1 aliphatic rings. The Morgan fingerprint density at radius 1 is 1.18 bits per heavy atom. The van der Waals surface area contributed by atoms with Crippen molar-refractivity contribution in [3.8, 4) is 6.07 Å². The number of hydrogen-bond donors (Lipinski definition) is 0. The van der Waals surface area contributed by atoms with Gasteiger partial charge in [0.25, 0.3) is 0 Å². The van der Waals surface area contributed by atoms with Gasteiger partial charge in [0.15, 0.2) is 0 Å². The van der Waals surface area contributed by atoms with E-state index in [0.717, 1.165) is 25.7 Å². The minimum absolute atomic E-state index is 0.206. The van der Waals surface area contributed by atoms with E-state index in [9.17, 15) is 0 Å². The van der Waals surface area contributed by atoms with Gasteiger partial charge in [-0.15, -0.1) is 0 Å². The standard InChI is InChI=1S/C9H14BrN/c1-8(2)3-5-9(10,7-11)6-4-8/h3-6H2,1-2H3. The highest BCUT2D eigenvalue weighted by Gasteiger charge is 2.36. The topological polar surface area (TPSA) is 23.8 Å². The Kier molecular flexibility index (Phi) is 2.29. The van der Waals surface area contributed by atoms with Crippen molar-refractivity contribution in [1.82, 2.24) is 0 Å². The van der Waals surface area contributed by atoms with Crippen LogP contribution in [0.1, 0.15) is 39.5 Å². The highest BCUT2D eigenvalue weighted by molar-refractivity contribution is 9.10. The number of rotatable bonds is 0. The first-order valence-electron chi connectivity index (χ1n) is 4.08. The molecule has 0 spiro atoms. The molecule has 0 N–H and O–H groups in total. The van der Waals surface area contributed by atoms with Crippen LogP contribution in [0.2, 0.25) is 0 Å². The monoisotopic (exact) mass is 215 g/mol. The molecule has 0 atom stereocenters. The van der Waals surface area contributed by atoms with Crippen molar-refractivity contribution in [2.75, 3.05) is 0 Å². The number of halogens is 1. The van der Waals surface area contributed by atoms with E-state index in [1.54, 1.807) is 0 Å². The summed E-state index contributed by atoms with van der Waals surface area (Å²) in [6.07, 6.45) is 4.31. The Hall–Kier alpha value is -0.0300. The van der Waals surface area contributed by atoms with Gasteiger partial charge in [0, 0.05) is 0 Å². The first kappa shape index (κ1) is 9.06. The van der Waals surface area contributed by atoms with Gasteiger partial charge in [-0.25, -0.2) is 0 Å². The zero-order chi connectivity index (χ0) is 8.54. The summed E-state index contributed by atoms with van der Waals surface area (Å²) in [6, 6.07) is 2.33. The van der Waals surface area contributed by atoms with Crippen molar-refractivity contribution >= 4 is 15.9 Å². The van der Waals surface area contributed by atoms with Crippen molar-refractivity contribution in [3.63, 3.8) is 0 Å². The van der Waals surface area contributed by atoms with Gasteiger partial charge in [-0.05, 0) is 31.1 Å². The summed E-state index contributed by atoms with van der Waals surface area (Å²) in [6.45, 7) is 4.55. The van der Waals surface area contributed by atoms with Crippen LogP contribution in [0.25, 0.3) is 0 Å². The Labute approximate surface area is 76.9 Å². The molecule has 62 valence electrons. The van der Waals surface area contributed by atoms with Gasteiger partial charge >= 0.3 is 0 Å². The first-order valence-corrected chi connectivity index (χ1v) is 4.87. The van der Waals surface area contributed by atoms with E-state index in [2.05, 4.69) is 35.8 Å². The van der Waals surface area contributed by atoms with Crippen LogP contribution in [0, 0.1) is 16.7 Å². The molecule has 0 bridgehead atoms. The molecule has 1 aliphatic carbocycles. The molecular formula is C9H14BrN. The molecule has 0 aromatic heterocycles. The normalized spacial score (nSPS) is 27.5. The SMILES string of the molecule is CC1(C)CCC(Br)(C#N)CC1. The number of nitrogens with zero attached hydrogens (tertiary/aromatic N) is 1. The third-order valence-corrected chi connectivity index (χ3v) is 3.57. The van der Waals surface area contributed by atoms with Crippen LogP contribution in [0.3, 0.4) is 0 Å². The van der Waals surface area contributed by atoms with Crippen LogP contribution >= 0.6 is 15.9 Å². The maximum absolute atomic E-state index is 8.82. The zero-order valence-corrected chi connectivity index (χ0v) is 8.74. The number of nitriles is 1. The van der Waals surface area contributed by atoms with E-state index in [1.807, 2.05) is 0 Å². The van der Waals surface area contributed by atoms with Crippen LogP contribution in [0.4, 0.5) is 0 Å². The third-order valence-electron chi connectivity index (χ3n) is 2.60. The minimum Gasteiger partial charge on any atom is -0.197 e. The smallest absolute Gasteiger partial charge is 0.112 e. The molecule has 1 fully saturated rings. The van der Waals surface area contributed by atoms with Crippen LogP contribution in [0.5, 0.6) is 0 Å². The fraction of sp³-hybridized carbons (Fsp3) is 0.889. The quantitative estimate of drug-likeness (QED) is 0.570. The minimum atomic E-state index is -0.206. The van der Waals surface area contributed by atoms with Gasteiger partial charge in [-0.3, -0.25) is 0 Å². The van der Waals surface area contributed by atoms with Gasteiger partial charge in [0.05, 0.1) is 6.07 Å². The largest absolute Gasteiger partial charge is 0.197 e. The average molecular weight is 216 g/mol. The van der Waals surface area contributed by atoms with E-state index in [-0.39, 0.29) is 4.32 Å². The summed E-state index contributed by atoms with van der Waals surface area (Å²) in [5.74, 6) is 0. The van der Waals surface area contributed by atoms with Gasteiger partial charge in [0.1, 0.15) is 4.32 Å². The molecular weight excluding hydrogens is 202 g/mol. The zero-order valence-electron chi connectivity index (χ0n) is 7.15. The van der Waals surface area contributed by atoms with Gasteiger partial charge in [0.2, 0.25) is 0 Å². The van der Waals surface area contributed by atoms with Crippen molar-refractivity contribution in [1.29, 1.82) is 5.26 Å². The Balaban J connectivity index is 2.56.